The molecule has 1 N–H and O–H groups in total. The minimum absolute atomic E-state index is 0.0786. The molecule has 2 aromatic heterocycles. The number of hydrogen-bond donors (Lipinski definition) is 1. The molecule has 1 aromatic carbocycles. The van der Waals surface area contributed by atoms with Gasteiger partial charge in [0.25, 0.3) is 5.56 Å². The van der Waals surface area contributed by atoms with Crippen LogP contribution in [0.5, 0.6) is 0 Å². The third-order valence-corrected chi connectivity index (χ3v) is 7.20. The monoisotopic (exact) mass is 444 g/mol. The molecule has 1 saturated heterocycles. The Morgan fingerprint density at radius 3 is 2.67 bits per heavy atom. The standard InChI is InChI=1S/C22H25ClN4O2S/c1-13-6-7-16(10-17(13)23)24-19(28)12-27-18(11-26-8-4-5-9-26)25-21-20(22(27)29)14(2)15(3)30-21/h6-7,10H,4-5,8-9,11-12H2,1-3H3,(H,24,28). The maximum atomic E-state index is 13.4. The molecular formula is C22H25ClN4O2S. The molecule has 158 valence electrons. The van der Waals surface area contributed by atoms with Gasteiger partial charge >= 0.3 is 0 Å². The molecule has 0 radical (unpaired) electrons. The highest BCUT2D eigenvalue weighted by Crippen LogP contribution is 2.27. The molecule has 30 heavy (non-hydrogen) atoms. The van der Waals surface area contributed by atoms with Crippen molar-refractivity contribution in [2.75, 3.05) is 18.4 Å². The molecule has 1 amide bonds. The molecule has 0 spiro atoms. The summed E-state index contributed by atoms with van der Waals surface area (Å²) in [4.78, 5) is 35.1. The SMILES string of the molecule is Cc1ccc(NC(=O)Cn2c(CN3CCCC3)nc3sc(C)c(C)c3c2=O)cc1Cl. The fourth-order valence-electron chi connectivity index (χ4n) is 3.81. The predicted molar refractivity (Wildman–Crippen MR) is 123 cm³/mol. The van der Waals surface area contributed by atoms with Gasteiger partial charge in [-0.1, -0.05) is 17.7 Å². The summed E-state index contributed by atoms with van der Waals surface area (Å²) >= 11 is 7.71. The second-order valence-electron chi connectivity index (χ2n) is 7.88. The first kappa shape index (κ1) is 21.0. The van der Waals surface area contributed by atoms with Crippen LogP contribution in [0.15, 0.2) is 23.0 Å². The summed E-state index contributed by atoms with van der Waals surface area (Å²) in [7, 11) is 0. The van der Waals surface area contributed by atoms with Gasteiger partial charge in [0.15, 0.2) is 0 Å². The highest BCUT2D eigenvalue weighted by Gasteiger charge is 2.21. The summed E-state index contributed by atoms with van der Waals surface area (Å²) in [6.07, 6.45) is 2.30. The number of halogens is 1. The number of nitrogens with zero attached hydrogens (tertiary/aromatic N) is 3. The Labute approximate surface area is 184 Å². The third-order valence-electron chi connectivity index (χ3n) is 5.69. The van der Waals surface area contributed by atoms with E-state index in [4.69, 9.17) is 16.6 Å². The molecule has 1 aliphatic heterocycles. The van der Waals surface area contributed by atoms with Crippen LogP contribution < -0.4 is 10.9 Å². The van der Waals surface area contributed by atoms with Crippen LogP contribution >= 0.6 is 22.9 Å². The zero-order chi connectivity index (χ0) is 21.4. The van der Waals surface area contributed by atoms with Crippen LogP contribution in [0.1, 0.15) is 34.7 Å². The number of anilines is 1. The number of carbonyl (C=O) groups is 1. The predicted octanol–water partition coefficient (Wildman–Crippen LogP) is 4.27. The van der Waals surface area contributed by atoms with Crippen LogP contribution in [0, 0.1) is 20.8 Å². The van der Waals surface area contributed by atoms with Gasteiger partial charge in [-0.2, -0.15) is 0 Å². The van der Waals surface area contributed by atoms with E-state index in [-0.39, 0.29) is 18.0 Å². The first-order valence-electron chi connectivity index (χ1n) is 10.1. The smallest absolute Gasteiger partial charge is 0.263 e. The first-order valence-corrected chi connectivity index (χ1v) is 11.3. The van der Waals surface area contributed by atoms with Crippen LogP contribution in [0.3, 0.4) is 0 Å². The lowest BCUT2D eigenvalue weighted by molar-refractivity contribution is -0.116. The second kappa shape index (κ2) is 8.49. The molecule has 1 aliphatic rings. The van der Waals surface area contributed by atoms with Crippen molar-refractivity contribution < 1.29 is 4.79 Å². The van der Waals surface area contributed by atoms with Crippen molar-refractivity contribution in [3.05, 3.63) is 55.4 Å². The van der Waals surface area contributed by atoms with E-state index in [1.54, 1.807) is 12.1 Å². The fourth-order valence-corrected chi connectivity index (χ4v) is 5.03. The van der Waals surface area contributed by atoms with Gasteiger partial charge in [-0.25, -0.2) is 4.98 Å². The number of carbonyl (C=O) groups excluding carboxylic acids is 1. The van der Waals surface area contributed by atoms with Crippen LogP contribution in [0.4, 0.5) is 5.69 Å². The number of likely N-dealkylation sites (tertiary alicyclic amines) is 1. The van der Waals surface area contributed by atoms with Gasteiger partial charge in [0.05, 0.1) is 11.9 Å². The summed E-state index contributed by atoms with van der Waals surface area (Å²) in [5, 5.41) is 4.06. The average molecular weight is 445 g/mol. The summed E-state index contributed by atoms with van der Waals surface area (Å²) < 4.78 is 1.53. The normalized spacial score (nSPS) is 14.5. The minimum Gasteiger partial charge on any atom is -0.324 e. The quantitative estimate of drug-likeness (QED) is 0.638. The molecule has 3 aromatic rings. The molecule has 1 fully saturated rings. The van der Waals surface area contributed by atoms with Gasteiger partial charge in [-0.05, 0) is 70.0 Å². The fraction of sp³-hybridized carbons (Fsp3) is 0.409. The summed E-state index contributed by atoms with van der Waals surface area (Å²) in [6.45, 7) is 8.32. The lowest BCUT2D eigenvalue weighted by Crippen LogP contribution is -2.33. The average Bonchev–Trinajstić information content (AvgIpc) is 3.30. The first-order chi connectivity index (χ1) is 14.3. The summed E-state index contributed by atoms with van der Waals surface area (Å²) in [6, 6.07) is 5.38. The Balaban J connectivity index is 1.68. The maximum absolute atomic E-state index is 13.4. The minimum atomic E-state index is -0.273. The van der Waals surface area contributed by atoms with Gasteiger partial charge < -0.3 is 5.32 Å². The van der Waals surface area contributed by atoms with Crippen molar-refractivity contribution in [3.63, 3.8) is 0 Å². The number of rotatable bonds is 5. The van der Waals surface area contributed by atoms with E-state index < -0.39 is 0 Å². The highest BCUT2D eigenvalue weighted by molar-refractivity contribution is 7.18. The van der Waals surface area contributed by atoms with Crippen molar-refractivity contribution >= 4 is 44.7 Å². The number of fused-ring (bicyclic) bond motifs is 1. The van der Waals surface area contributed by atoms with Crippen molar-refractivity contribution in [2.24, 2.45) is 0 Å². The van der Waals surface area contributed by atoms with Crippen molar-refractivity contribution in [1.82, 2.24) is 14.5 Å². The van der Waals surface area contributed by atoms with Crippen LogP contribution in [0.25, 0.3) is 10.2 Å². The molecule has 8 heteroatoms. The molecular weight excluding hydrogens is 420 g/mol. The molecule has 0 aliphatic carbocycles. The Morgan fingerprint density at radius 1 is 1.23 bits per heavy atom. The van der Waals surface area contributed by atoms with Crippen molar-refractivity contribution in [2.45, 2.75) is 46.7 Å². The molecule has 4 rings (SSSR count). The Bertz CT molecular complexity index is 1180. The molecule has 0 atom stereocenters. The van der Waals surface area contributed by atoms with Crippen molar-refractivity contribution in [1.29, 1.82) is 0 Å². The van der Waals surface area contributed by atoms with Gasteiger partial charge in [-0.15, -0.1) is 11.3 Å². The zero-order valence-corrected chi connectivity index (χ0v) is 19.0. The number of nitrogens with one attached hydrogen (secondary N) is 1. The van der Waals surface area contributed by atoms with Gasteiger partial charge in [0, 0.05) is 15.6 Å². The van der Waals surface area contributed by atoms with E-state index in [1.807, 2.05) is 26.8 Å². The molecule has 0 unspecified atom stereocenters. The molecule has 3 heterocycles. The molecule has 6 nitrogen and oxygen atoms in total. The number of benzene rings is 1. The van der Waals surface area contributed by atoms with Gasteiger partial charge in [0.2, 0.25) is 5.91 Å². The number of aromatic nitrogens is 2. The topological polar surface area (TPSA) is 67.2 Å². The van der Waals surface area contributed by atoms with Crippen molar-refractivity contribution in [3.8, 4) is 0 Å². The Kier molecular flexibility index (Phi) is 5.95. The van der Waals surface area contributed by atoms with Gasteiger partial charge in [-0.3, -0.25) is 19.1 Å². The van der Waals surface area contributed by atoms with E-state index in [0.29, 0.717) is 28.5 Å². The van der Waals surface area contributed by atoms with E-state index in [0.717, 1.165) is 46.8 Å². The number of amides is 1. The van der Waals surface area contributed by atoms with Gasteiger partial charge in [0.1, 0.15) is 17.2 Å². The van der Waals surface area contributed by atoms with Crippen LogP contribution in [0.2, 0.25) is 5.02 Å². The highest BCUT2D eigenvalue weighted by atomic mass is 35.5. The van der Waals surface area contributed by atoms with E-state index in [2.05, 4.69) is 10.2 Å². The third kappa shape index (κ3) is 4.15. The Hall–Kier alpha value is -2.22. The zero-order valence-electron chi connectivity index (χ0n) is 17.4. The lowest BCUT2D eigenvalue weighted by Gasteiger charge is -2.18. The van der Waals surface area contributed by atoms with Crippen LogP contribution in [-0.2, 0) is 17.9 Å². The molecule has 0 saturated carbocycles. The van der Waals surface area contributed by atoms with Crippen LogP contribution in [-0.4, -0.2) is 33.4 Å². The van der Waals surface area contributed by atoms with E-state index in [1.165, 1.54) is 15.9 Å². The maximum Gasteiger partial charge on any atom is 0.263 e. The lowest BCUT2D eigenvalue weighted by atomic mass is 10.2. The molecule has 0 bridgehead atoms. The number of hydrogen-bond acceptors (Lipinski definition) is 5. The Morgan fingerprint density at radius 2 is 1.97 bits per heavy atom. The number of aryl methyl sites for hydroxylation is 3. The summed E-state index contributed by atoms with van der Waals surface area (Å²) in [5.41, 5.74) is 2.35. The largest absolute Gasteiger partial charge is 0.324 e. The second-order valence-corrected chi connectivity index (χ2v) is 9.49. The number of thiophene rings is 1. The van der Waals surface area contributed by atoms with E-state index in [9.17, 15) is 9.59 Å². The summed E-state index contributed by atoms with van der Waals surface area (Å²) in [5.74, 6) is 0.373. The van der Waals surface area contributed by atoms with E-state index >= 15 is 0 Å².